The molecule has 0 spiro atoms. The van der Waals surface area contributed by atoms with E-state index in [4.69, 9.17) is 9.97 Å². The molecule has 0 bridgehead atoms. The van der Waals surface area contributed by atoms with Crippen molar-refractivity contribution in [2.45, 2.75) is 0 Å². The van der Waals surface area contributed by atoms with Gasteiger partial charge in [0, 0.05) is 28.5 Å². The number of pyridine rings is 1. The van der Waals surface area contributed by atoms with Crippen molar-refractivity contribution in [1.82, 2.24) is 15.0 Å². The zero-order chi connectivity index (χ0) is 28.1. The van der Waals surface area contributed by atoms with Crippen molar-refractivity contribution < 1.29 is 0 Å². The predicted octanol–water partition coefficient (Wildman–Crippen LogP) is 9.87. The quantitative estimate of drug-likeness (QED) is 0.212. The van der Waals surface area contributed by atoms with Gasteiger partial charge in [0.05, 0.1) is 17.1 Å². The van der Waals surface area contributed by atoms with Gasteiger partial charge in [0.2, 0.25) is 0 Å². The van der Waals surface area contributed by atoms with E-state index in [2.05, 4.69) is 132 Å². The first kappa shape index (κ1) is 25.3. The molecule has 0 unspecified atom stereocenters. The molecule has 0 aliphatic rings. The second-order valence-corrected chi connectivity index (χ2v) is 10.1. The zero-order valence-electron chi connectivity index (χ0n) is 22.9. The fourth-order valence-corrected chi connectivity index (χ4v) is 5.12. The summed E-state index contributed by atoms with van der Waals surface area (Å²) in [4.78, 5) is 14.6. The normalized spacial score (nSPS) is 10.9. The van der Waals surface area contributed by atoms with Crippen LogP contribution in [0.2, 0.25) is 0 Å². The van der Waals surface area contributed by atoms with E-state index < -0.39 is 0 Å². The summed E-state index contributed by atoms with van der Waals surface area (Å²) < 4.78 is 0. The van der Waals surface area contributed by atoms with E-state index in [0.29, 0.717) is 5.82 Å². The summed E-state index contributed by atoms with van der Waals surface area (Å²) in [5, 5.41) is 0. The molecule has 5 aromatic carbocycles. The Labute approximate surface area is 245 Å². The molecular formula is C39H27N3. The molecule has 3 nitrogen and oxygen atoms in total. The number of nitrogens with zero attached hydrogens (tertiary/aromatic N) is 3. The summed E-state index contributed by atoms with van der Waals surface area (Å²) in [6.45, 7) is 0. The van der Waals surface area contributed by atoms with Gasteiger partial charge in [-0.15, -0.1) is 0 Å². The molecule has 3 heteroatoms. The molecule has 0 fully saturated rings. The van der Waals surface area contributed by atoms with Gasteiger partial charge in [0.25, 0.3) is 0 Å². The van der Waals surface area contributed by atoms with Crippen LogP contribution in [-0.2, 0) is 0 Å². The maximum Gasteiger partial charge on any atom is 0.160 e. The second-order valence-electron chi connectivity index (χ2n) is 10.1. The minimum Gasteiger partial charge on any atom is -0.256 e. The summed E-state index contributed by atoms with van der Waals surface area (Å²) in [5.41, 5.74) is 11.6. The topological polar surface area (TPSA) is 38.7 Å². The first-order valence-electron chi connectivity index (χ1n) is 14.0. The Balaban J connectivity index is 1.29. The van der Waals surface area contributed by atoms with Crippen LogP contribution in [0.15, 0.2) is 164 Å². The van der Waals surface area contributed by atoms with Crippen LogP contribution in [0.5, 0.6) is 0 Å². The fraction of sp³-hybridized carbons (Fsp3) is 0. The van der Waals surface area contributed by atoms with Gasteiger partial charge in [-0.3, -0.25) is 4.98 Å². The fourth-order valence-electron chi connectivity index (χ4n) is 5.12. The lowest BCUT2D eigenvalue weighted by atomic mass is 10.0. The predicted molar refractivity (Wildman–Crippen MR) is 172 cm³/mol. The molecule has 0 saturated carbocycles. The lowest BCUT2D eigenvalue weighted by Gasteiger charge is -2.11. The van der Waals surface area contributed by atoms with Gasteiger partial charge in [-0.1, -0.05) is 140 Å². The van der Waals surface area contributed by atoms with Crippen LogP contribution in [0, 0.1) is 0 Å². The molecule has 0 saturated heterocycles. The number of hydrogen-bond acceptors (Lipinski definition) is 3. The highest BCUT2D eigenvalue weighted by atomic mass is 14.9. The average molecular weight is 538 g/mol. The zero-order valence-corrected chi connectivity index (χ0v) is 22.9. The Hall–Kier alpha value is -5.67. The van der Waals surface area contributed by atoms with Crippen molar-refractivity contribution in [1.29, 1.82) is 0 Å². The number of hydrogen-bond donors (Lipinski definition) is 0. The highest BCUT2D eigenvalue weighted by Crippen LogP contribution is 2.31. The van der Waals surface area contributed by atoms with Crippen molar-refractivity contribution in [2.24, 2.45) is 0 Å². The molecule has 7 rings (SSSR count). The van der Waals surface area contributed by atoms with E-state index in [0.717, 1.165) is 39.3 Å². The number of benzene rings is 5. The molecule has 7 aromatic rings. The molecule has 198 valence electrons. The van der Waals surface area contributed by atoms with E-state index >= 15 is 0 Å². The molecule has 0 atom stereocenters. The minimum atomic E-state index is 0.689. The summed E-state index contributed by atoms with van der Waals surface area (Å²) in [6, 6.07) is 54.4. The maximum absolute atomic E-state index is 5.04. The number of rotatable bonds is 6. The minimum absolute atomic E-state index is 0.689. The van der Waals surface area contributed by atoms with Crippen LogP contribution < -0.4 is 0 Å². The van der Waals surface area contributed by atoms with Crippen LogP contribution >= 0.6 is 0 Å². The van der Waals surface area contributed by atoms with Gasteiger partial charge in [0.15, 0.2) is 5.82 Å². The van der Waals surface area contributed by atoms with E-state index in [-0.39, 0.29) is 0 Å². The Morgan fingerprint density at radius 2 is 0.667 bits per heavy atom. The molecule has 0 N–H and O–H groups in total. The van der Waals surface area contributed by atoms with Crippen molar-refractivity contribution >= 4 is 0 Å². The summed E-state index contributed by atoms with van der Waals surface area (Å²) in [7, 11) is 0. The van der Waals surface area contributed by atoms with Crippen molar-refractivity contribution in [3.8, 4) is 67.4 Å². The van der Waals surface area contributed by atoms with Crippen LogP contribution in [0.25, 0.3) is 67.4 Å². The molecule has 0 aliphatic carbocycles. The average Bonchev–Trinajstić information content (AvgIpc) is 3.09. The molecule has 2 heterocycles. The lowest BCUT2D eigenvalue weighted by molar-refractivity contribution is 1.18. The standard InChI is InChI=1S/C39H27N3/c1-3-9-28(10-4-1)30-14-18-33(19-15-30)37-27-38(34-20-16-31(17-21-34)29-11-5-2-6-12-29)42-39(41-37)35-24-22-32(23-25-35)36-13-7-8-26-40-36/h1-27H. The van der Waals surface area contributed by atoms with Gasteiger partial charge >= 0.3 is 0 Å². The van der Waals surface area contributed by atoms with Crippen molar-refractivity contribution in [3.63, 3.8) is 0 Å². The first-order valence-corrected chi connectivity index (χ1v) is 14.0. The SMILES string of the molecule is c1ccc(-c2ccc(-c3cc(-c4ccc(-c5ccccc5)cc4)nc(-c4ccc(-c5ccccn5)cc4)n3)cc2)cc1. The number of aromatic nitrogens is 3. The van der Waals surface area contributed by atoms with E-state index in [1.165, 1.54) is 22.3 Å². The second kappa shape index (κ2) is 11.4. The molecule has 0 amide bonds. The maximum atomic E-state index is 5.04. The Bertz CT molecular complexity index is 1670. The van der Waals surface area contributed by atoms with Crippen LogP contribution in [0.1, 0.15) is 0 Å². The van der Waals surface area contributed by atoms with E-state index in [1.54, 1.807) is 0 Å². The van der Waals surface area contributed by atoms with Crippen LogP contribution in [0.3, 0.4) is 0 Å². The van der Waals surface area contributed by atoms with Crippen LogP contribution in [0.4, 0.5) is 0 Å². The largest absolute Gasteiger partial charge is 0.256 e. The Kier molecular flexibility index (Phi) is 6.89. The monoisotopic (exact) mass is 537 g/mol. The van der Waals surface area contributed by atoms with Crippen molar-refractivity contribution in [3.05, 3.63) is 164 Å². The third-order valence-electron chi connectivity index (χ3n) is 7.41. The molecular weight excluding hydrogens is 510 g/mol. The van der Waals surface area contributed by atoms with Crippen molar-refractivity contribution in [2.75, 3.05) is 0 Å². The van der Waals surface area contributed by atoms with Crippen LogP contribution in [-0.4, -0.2) is 15.0 Å². The molecule has 0 radical (unpaired) electrons. The third kappa shape index (κ3) is 5.36. The molecule has 2 aromatic heterocycles. The van der Waals surface area contributed by atoms with Gasteiger partial charge in [-0.05, 0) is 40.5 Å². The van der Waals surface area contributed by atoms with E-state index in [1.807, 2.05) is 36.5 Å². The summed E-state index contributed by atoms with van der Waals surface area (Å²) in [6.07, 6.45) is 1.81. The highest BCUT2D eigenvalue weighted by molar-refractivity contribution is 5.76. The van der Waals surface area contributed by atoms with Gasteiger partial charge in [-0.25, -0.2) is 9.97 Å². The summed E-state index contributed by atoms with van der Waals surface area (Å²) in [5.74, 6) is 0.689. The Morgan fingerprint density at radius 3 is 1.12 bits per heavy atom. The highest BCUT2D eigenvalue weighted by Gasteiger charge is 2.12. The van der Waals surface area contributed by atoms with Gasteiger partial charge < -0.3 is 0 Å². The van der Waals surface area contributed by atoms with Gasteiger partial charge in [0.1, 0.15) is 0 Å². The molecule has 0 aliphatic heterocycles. The smallest absolute Gasteiger partial charge is 0.160 e. The lowest BCUT2D eigenvalue weighted by Crippen LogP contribution is -1.96. The first-order chi connectivity index (χ1) is 20.8. The van der Waals surface area contributed by atoms with E-state index in [9.17, 15) is 0 Å². The Morgan fingerprint density at radius 1 is 0.286 bits per heavy atom. The summed E-state index contributed by atoms with van der Waals surface area (Å²) >= 11 is 0. The molecule has 42 heavy (non-hydrogen) atoms. The van der Waals surface area contributed by atoms with Gasteiger partial charge in [-0.2, -0.15) is 0 Å². The third-order valence-corrected chi connectivity index (χ3v) is 7.41.